The number of pyridine rings is 1. The van der Waals surface area contributed by atoms with Crippen molar-refractivity contribution < 1.29 is 0 Å². The fraction of sp³-hybridized carbons (Fsp3) is 0.125. The first-order chi connectivity index (χ1) is 7.28. The number of hydrogen-bond donors (Lipinski definition) is 3. The monoisotopic (exact) mass is 222 g/mol. The molecule has 0 spiro atoms. The highest BCUT2D eigenvalue weighted by Crippen LogP contribution is 2.25. The number of hydrazine groups is 1. The van der Waals surface area contributed by atoms with Crippen LogP contribution in [0.2, 0.25) is 0 Å². The molecule has 78 valence electrons. The highest BCUT2D eigenvalue weighted by Gasteiger charge is 2.03. The number of nitrogens with one attached hydrogen (secondary N) is 2. The molecule has 7 heteroatoms. The number of nitrogens with zero attached hydrogens (tertiary/aromatic N) is 3. The fourth-order valence-corrected chi connectivity index (χ4v) is 1.81. The van der Waals surface area contributed by atoms with E-state index in [9.17, 15) is 0 Å². The molecule has 15 heavy (non-hydrogen) atoms. The van der Waals surface area contributed by atoms with Gasteiger partial charge in [0.25, 0.3) is 0 Å². The summed E-state index contributed by atoms with van der Waals surface area (Å²) < 4.78 is 0. The summed E-state index contributed by atoms with van der Waals surface area (Å²) in [4.78, 5) is 9.18. The number of anilines is 1. The summed E-state index contributed by atoms with van der Waals surface area (Å²) in [6, 6.07) is 3.70. The Balaban J connectivity index is 2.16. The summed E-state index contributed by atoms with van der Waals surface area (Å²) in [5.41, 5.74) is 2.49. The van der Waals surface area contributed by atoms with E-state index < -0.39 is 0 Å². The van der Waals surface area contributed by atoms with Gasteiger partial charge < -0.3 is 5.43 Å². The van der Waals surface area contributed by atoms with E-state index in [1.165, 1.54) is 11.8 Å². The molecule has 0 amide bonds. The van der Waals surface area contributed by atoms with Gasteiger partial charge in [-0.05, 0) is 30.8 Å². The van der Waals surface area contributed by atoms with Crippen molar-refractivity contribution in [1.29, 1.82) is 0 Å². The third kappa shape index (κ3) is 2.45. The molecule has 0 saturated carbocycles. The Morgan fingerprint density at radius 2 is 2.40 bits per heavy atom. The van der Waals surface area contributed by atoms with Crippen molar-refractivity contribution in [2.75, 3.05) is 5.43 Å². The van der Waals surface area contributed by atoms with E-state index in [0.717, 1.165) is 10.7 Å². The molecule has 0 fully saturated rings. The molecule has 0 saturated heterocycles. The van der Waals surface area contributed by atoms with Gasteiger partial charge in [-0.1, -0.05) is 0 Å². The zero-order chi connectivity index (χ0) is 10.7. The highest BCUT2D eigenvalue weighted by atomic mass is 32.2. The molecular weight excluding hydrogens is 212 g/mol. The Labute approximate surface area is 90.7 Å². The van der Waals surface area contributed by atoms with Crippen LogP contribution in [0.25, 0.3) is 0 Å². The molecule has 0 unspecified atom stereocenters. The van der Waals surface area contributed by atoms with Crippen LogP contribution in [0.15, 0.2) is 28.4 Å². The van der Waals surface area contributed by atoms with Crippen LogP contribution in [0.4, 0.5) is 5.82 Å². The predicted molar refractivity (Wildman–Crippen MR) is 57.3 cm³/mol. The summed E-state index contributed by atoms with van der Waals surface area (Å²) in [5.74, 6) is 6.67. The Morgan fingerprint density at radius 1 is 1.53 bits per heavy atom. The van der Waals surface area contributed by atoms with E-state index in [1.54, 1.807) is 6.20 Å². The summed E-state index contributed by atoms with van der Waals surface area (Å²) in [6.07, 6.45) is 1.68. The van der Waals surface area contributed by atoms with Gasteiger partial charge in [-0.3, -0.25) is 5.10 Å². The molecule has 0 atom stereocenters. The van der Waals surface area contributed by atoms with Gasteiger partial charge in [-0.15, -0.1) is 5.10 Å². The third-order valence-corrected chi connectivity index (χ3v) is 2.52. The minimum absolute atomic E-state index is 0.618. The van der Waals surface area contributed by atoms with Crippen LogP contribution in [0, 0.1) is 6.92 Å². The highest BCUT2D eigenvalue weighted by molar-refractivity contribution is 7.99. The Kier molecular flexibility index (Phi) is 2.84. The minimum atomic E-state index is 0.618. The van der Waals surface area contributed by atoms with Crippen LogP contribution < -0.4 is 11.3 Å². The van der Waals surface area contributed by atoms with E-state index in [0.29, 0.717) is 11.0 Å². The van der Waals surface area contributed by atoms with E-state index >= 15 is 0 Å². The van der Waals surface area contributed by atoms with E-state index in [2.05, 4.69) is 25.6 Å². The van der Waals surface area contributed by atoms with Gasteiger partial charge in [-0.25, -0.2) is 15.8 Å². The molecular formula is C8H10N6S. The second kappa shape index (κ2) is 4.28. The SMILES string of the molecule is Cc1nc(Sc2ccnc(NN)c2)n[nH]1. The van der Waals surface area contributed by atoms with Gasteiger partial charge in [0.05, 0.1) is 0 Å². The van der Waals surface area contributed by atoms with E-state index in [-0.39, 0.29) is 0 Å². The first-order valence-electron chi connectivity index (χ1n) is 4.27. The second-order valence-electron chi connectivity index (χ2n) is 2.83. The molecule has 6 nitrogen and oxygen atoms in total. The Hall–Kier alpha value is -1.60. The maximum Gasteiger partial charge on any atom is 0.213 e. The van der Waals surface area contributed by atoms with Crippen LogP contribution in [0.1, 0.15) is 5.82 Å². The molecule has 0 aliphatic heterocycles. The smallest absolute Gasteiger partial charge is 0.213 e. The normalized spacial score (nSPS) is 10.3. The quantitative estimate of drug-likeness (QED) is 0.529. The number of aromatic nitrogens is 4. The first kappa shape index (κ1) is 9.94. The number of nitrogens with two attached hydrogens (primary N) is 1. The molecule has 0 aromatic carbocycles. The van der Waals surface area contributed by atoms with Crippen LogP contribution in [0.3, 0.4) is 0 Å². The van der Waals surface area contributed by atoms with Crippen LogP contribution >= 0.6 is 11.8 Å². The van der Waals surface area contributed by atoms with Crippen molar-refractivity contribution in [1.82, 2.24) is 20.2 Å². The van der Waals surface area contributed by atoms with E-state index in [1.807, 2.05) is 19.1 Å². The van der Waals surface area contributed by atoms with Crippen molar-refractivity contribution in [2.45, 2.75) is 17.0 Å². The van der Waals surface area contributed by atoms with Gasteiger partial charge in [0.1, 0.15) is 11.6 Å². The number of H-pyrrole nitrogens is 1. The van der Waals surface area contributed by atoms with Crippen molar-refractivity contribution in [3.8, 4) is 0 Å². The summed E-state index contributed by atoms with van der Waals surface area (Å²) in [5, 5.41) is 7.48. The van der Waals surface area contributed by atoms with Crippen molar-refractivity contribution in [2.24, 2.45) is 5.84 Å². The lowest BCUT2D eigenvalue weighted by Gasteiger charge is -2.00. The molecule has 0 bridgehead atoms. The molecule has 4 N–H and O–H groups in total. The second-order valence-corrected chi connectivity index (χ2v) is 3.87. The first-order valence-corrected chi connectivity index (χ1v) is 5.09. The van der Waals surface area contributed by atoms with Crippen molar-refractivity contribution >= 4 is 17.6 Å². The fourth-order valence-electron chi connectivity index (χ4n) is 1.03. The summed E-state index contributed by atoms with van der Waals surface area (Å²) in [7, 11) is 0. The number of nitrogen functional groups attached to an aromatic ring is 1. The lowest BCUT2D eigenvalue weighted by Crippen LogP contribution is -2.07. The number of aromatic amines is 1. The van der Waals surface area contributed by atoms with Crippen LogP contribution in [-0.4, -0.2) is 20.2 Å². The number of hydrogen-bond acceptors (Lipinski definition) is 6. The minimum Gasteiger partial charge on any atom is -0.308 e. The Bertz CT molecular complexity index is 454. The van der Waals surface area contributed by atoms with Gasteiger partial charge in [0.2, 0.25) is 5.16 Å². The lowest BCUT2D eigenvalue weighted by atomic mass is 10.5. The molecule has 2 heterocycles. The van der Waals surface area contributed by atoms with Crippen LogP contribution in [-0.2, 0) is 0 Å². The van der Waals surface area contributed by atoms with Crippen molar-refractivity contribution in [3.63, 3.8) is 0 Å². The zero-order valence-electron chi connectivity index (χ0n) is 8.06. The van der Waals surface area contributed by atoms with E-state index in [4.69, 9.17) is 5.84 Å². The zero-order valence-corrected chi connectivity index (χ0v) is 8.88. The Morgan fingerprint density at radius 3 is 3.07 bits per heavy atom. The average Bonchev–Trinajstić information content (AvgIpc) is 2.64. The standard InChI is InChI=1S/C8H10N6S/c1-5-11-8(14-13-5)15-6-2-3-10-7(4-6)12-9/h2-4H,9H2,1H3,(H,10,12)(H,11,13,14). The third-order valence-electron chi connectivity index (χ3n) is 1.67. The topological polar surface area (TPSA) is 92.5 Å². The predicted octanol–water partition coefficient (Wildman–Crippen LogP) is 0.945. The number of aryl methyl sites for hydroxylation is 1. The van der Waals surface area contributed by atoms with Gasteiger partial charge >= 0.3 is 0 Å². The van der Waals surface area contributed by atoms with Crippen LogP contribution in [0.5, 0.6) is 0 Å². The molecule has 0 radical (unpaired) electrons. The maximum absolute atomic E-state index is 5.26. The van der Waals surface area contributed by atoms with Gasteiger partial charge in [0, 0.05) is 11.1 Å². The molecule has 0 aliphatic rings. The van der Waals surface area contributed by atoms with Crippen molar-refractivity contribution in [3.05, 3.63) is 24.2 Å². The molecule has 2 aromatic rings. The molecule has 2 aromatic heterocycles. The largest absolute Gasteiger partial charge is 0.308 e. The maximum atomic E-state index is 5.26. The number of rotatable bonds is 3. The summed E-state index contributed by atoms with van der Waals surface area (Å²) >= 11 is 1.45. The van der Waals surface area contributed by atoms with Gasteiger partial charge in [-0.2, -0.15) is 0 Å². The van der Waals surface area contributed by atoms with Gasteiger partial charge in [0.15, 0.2) is 0 Å². The molecule has 2 rings (SSSR count). The lowest BCUT2D eigenvalue weighted by molar-refractivity contribution is 0.969. The summed E-state index contributed by atoms with van der Waals surface area (Å²) in [6.45, 7) is 1.86. The molecule has 0 aliphatic carbocycles. The average molecular weight is 222 g/mol.